The first-order valence-corrected chi connectivity index (χ1v) is 10.2. The number of benzene rings is 1. The lowest BCUT2D eigenvalue weighted by Gasteiger charge is -2.03. The molecule has 0 fully saturated rings. The van der Waals surface area contributed by atoms with Gasteiger partial charge >= 0.3 is 0 Å². The van der Waals surface area contributed by atoms with Gasteiger partial charge in [0.15, 0.2) is 17.9 Å². The van der Waals surface area contributed by atoms with Crippen LogP contribution in [0.4, 0.5) is 14.5 Å². The van der Waals surface area contributed by atoms with Crippen molar-refractivity contribution >= 4 is 17.8 Å². The van der Waals surface area contributed by atoms with Crippen molar-refractivity contribution in [1.29, 1.82) is 0 Å². The normalized spacial score (nSPS) is 10.6. The Labute approximate surface area is 193 Å². The molecule has 4 heterocycles. The van der Waals surface area contributed by atoms with Gasteiger partial charge in [-0.05, 0) is 37.3 Å². The van der Waals surface area contributed by atoms with Crippen LogP contribution in [0.15, 0.2) is 59.5 Å². The Morgan fingerprint density at radius 1 is 1.00 bits per heavy atom. The molecule has 4 aromatic heterocycles. The fraction of sp³-hybridized carbons (Fsp3) is 0.125. The van der Waals surface area contributed by atoms with Gasteiger partial charge in [0.2, 0.25) is 11.7 Å². The van der Waals surface area contributed by atoms with Crippen LogP contribution in [0.1, 0.15) is 22.1 Å². The number of halogens is 2. The lowest BCUT2D eigenvalue weighted by molar-refractivity contribution is 0.109. The minimum Gasteiger partial charge on any atom is -0.438 e. The molecule has 0 atom stereocenters. The summed E-state index contributed by atoms with van der Waals surface area (Å²) in [4.78, 5) is 26.3. The molecule has 5 rings (SSSR count). The first-order chi connectivity index (χ1) is 16.4. The molecule has 0 bridgehead atoms. The second-order valence-corrected chi connectivity index (χ2v) is 7.29. The maximum Gasteiger partial charge on any atom is 0.234 e. The second kappa shape index (κ2) is 9.57. The highest BCUT2D eigenvalue weighted by Crippen LogP contribution is 2.26. The van der Waals surface area contributed by atoms with E-state index in [0.29, 0.717) is 40.7 Å². The SMILES string of the molecule is CNc1ccc(F)c(-c2cn3cc(-c4ccc(F)nc4)cnc3n2)c1.Cc1nc(C)c(C=O)o1. The molecule has 0 unspecified atom stereocenters. The van der Waals surface area contributed by atoms with E-state index >= 15 is 0 Å². The highest BCUT2D eigenvalue weighted by molar-refractivity contribution is 5.71. The summed E-state index contributed by atoms with van der Waals surface area (Å²) in [5, 5.41) is 2.98. The molecule has 0 spiro atoms. The van der Waals surface area contributed by atoms with Crippen molar-refractivity contribution in [2.45, 2.75) is 13.8 Å². The van der Waals surface area contributed by atoms with Crippen molar-refractivity contribution in [2.75, 3.05) is 12.4 Å². The zero-order valence-electron chi connectivity index (χ0n) is 18.6. The summed E-state index contributed by atoms with van der Waals surface area (Å²) in [5.41, 5.74) is 3.81. The third-order valence-corrected chi connectivity index (χ3v) is 4.95. The minimum absolute atomic E-state index is 0.326. The summed E-state index contributed by atoms with van der Waals surface area (Å²) in [6.45, 7) is 3.44. The van der Waals surface area contributed by atoms with Crippen LogP contribution in [0.3, 0.4) is 0 Å². The van der Waals surface area contributed by atoms with Crippen LogP contribution >= 0.6 is 0 Å². The van der Waals surface area contributed by atoms with Crippen LogP contribution in [-0.4, -0.2) is 37.7 Å². The molecule has 0 aliphatic carbocycles. The van der Waals surface area contributed by atoms with Crippen LogP contribution in [-0.2, 0) is 0 Å². The van der Waals surface area contributed by atoms with Gasteiger partial charge in [-0.1, -0.05) is 0 Å². The summed E-state index contributed by atoms with van der Waals surface area (Å²) in [7, 11) is 1.77. The Kier molecular flexibility index (Phi) is 6.39. The summed E-state index contributed by atoms with van der Waals surface area (Å²) >= 11 is 0. The largest absolute Gasteiger partial charge is 0.438 e. The Morgan fingerprint density at radius 3 is 2.41 bits per heavy atom. The molecule has 0 saturated heterocycles. The van der Waals surface area contributed by atoms with Gasteiger partial charge in [0.25, 0.3) is 0 Å². The molecule has 0 amide bonds. The van der Waals surface area contributed by atoms with Gasteiger partial charge in [0.05, 0.1) is 11.4 Å². The number of pyridine rings is 1. The minimum atomic E-state index is -0.539. The van der Waals surface area contributed by atoms with E-state index in [0.717, 1.165) is 16.8 Å². The van der Waals surface area contributed by atoms with Gasteiger partial charge in [-0.15, -0.1) is 0 Å². The molecule has 0 aliphatic heterocycles. The number of fused-ring (bicyclic) bond motifs is 1. The molecule has 10 heteroatoms. The van der Waals surface area contributed by atoms with E-state index in [-0.39, 0.29) is 5.82 Å². The fourth-order valence-corrected chi connectivity index (χ4v) is 3.24. The number of oxazole rings is 1. The number of hydrogen-bond donors (Lipinski definition) is 1. The molecule has 5 aromatic rings. The Morgan fingerprint density at radius 2 is 1.79 bits per heavy atom. The van der Waals surface area contributed by atoms with E-state index in [1.807, 2.05) is 0 Å². The quantitative estimate of drug-likeness (QED) is 0.300. The smallest absolute Gasteiger partial charge is 0.234 e. The molecule has 0 aliphatic rings. The van der Waals surface area contributed by atoms with E-state index in [4.69, 9.17) is 4.42 Å². The van der Waals surface area contributed by atoms with Gasteiger partial charge in [-0.2, -0.15) is 4.39 Å². The number of nitrogens with one attached hydrogen (secondary N) is 1. The number of rotatable bonds is 4. The summed E-state index contributed by atoms with van der Waals surface area (Å²) in [6, 6.07) is 7.67. The zero-order valence-corrected chi connectivity index (χ0v) is 18.6. The van der Waals surface area contributed by atoms with Gasteiger partial charge in [-0.3, -0.25) is 9.20 Å². The number of aryl methyl sites for hydroxylation is 2. The topological polar surface area (TPSA) is 98.2 Å². The summed E-state index contributed by atoms with van der Waals surface area (Å²) in [5.74, 6) is 0.415. The van der Waals surface area contributed by atoms with Crippen molar-refractivity contribution in [3.63, 3.8) is 0 Å². The highest BCUT2D eigenvalue weighted by atomic mass is 19.1. The number of carbonyl (C=O) groups is 1. The molecular formula is C24H20F2N6O2. The van der Waals surface area contributed by atoms with Gasteiger partial charge in [-0.25, -0.2) is 24.3 Å². The number of nitrogens with zero attached hydrogens (tertiary/aromatic N) is 5. The van der Waals surface area contributed by atoms with Crippen LogP contribution in [0, 0.1) is 25.6 Å². The number of aldehydes is 1. The average molecular weight is 462 g/mol. The number of anilines is 1. The van der Waals surface area contributed by atoms with Crippen LogP contribution in [0.2, 0.25) is 0 Å². The van der Waals surface area contributed by atoms with Crippen molar-refractivity contribution in [3.8, 4) is 22.4 Å². The Hall–Kier alpha value is -4.47. The Bertz CT molecular complexity index is 1460. The predicted octanol–water partition coefficient (Wildman–Crippen LogP) is 4.88. The van der Waals surface area contributed by atoms with E-state index in [9.17, 15) is 13.6 Å². The van der Waals surface area contributed by atoms with E-state index < -0.39 is 5.95 Å². The third kappa shape index (κ3) is 4.80. The zero-order chi connectivity index (χ0) is 24.2. The first-order valence-electron chi connectivity index (χ1n) is 10.2. The fourth-order valence-electron chi connectivity index (χ4n) is 3.24. The van der Waals surface area contributed by atoms with Crippen molar-refractivity contribution in [2.24, 2.45) is 0 Å². The standard InChI is InChI=1S/C18H13F2N5.C6H7NO2/c1-21-13-3-4-15(19)14(6-13)16-10-25-9-12(8-23-18(25)24-16)11-2-5-17(20)22-7-11;1-4-6(3-8)9-5(2)7-4/h2-10,21H,1H3;3H,1-2H3. The van der Waals surface area contributed by atoms with Crippen LogP contribution in [0.5, 0.6) is 0 Å². The molecule has 0 saturated carbocycles. The number of imidazole rings is 1. The van der Waals surface area contributed by atoms with Gasteiger partial charge in [0, 0.05) is 61.1 Å². The predicted molar refractivity (Wildman–Crippen MR) is 122 cm³/mol. The maximum atomic E-state index is 14.2. The first kappa shape index (κ1) is 22.7. The van der Waals surface area contributed by atoms with Crippen molar-refractivity contribution in [1.82, 2.24) is 24.3 Å². The van der Waals surface area contributed by atoms with Gasteiger partial charge in [0.1, 0.15) is 5.82 Å². The summed E-state index contributed by atoms with van der Waals surface area (Å²) < 4.78 is 33.7. The van der Waals surface area contributed by atoms with Crippen LogP contribution in [0.25, 0.3) is 28.2 Å². The van der Waals surface area contributed by atoms with E-state index in [1.54, 1.807) is 62.1 Å². The highest BCUT2D eigenvalue weighted by Gasteiger charge is 2.12. The number of hydrogen-bond acceptors (Lipinski definition) is 7. The lowest BCUT2D eigenvalue weighted by Crippen LogP contribution is -1.91. The van der Waals surface area contributed by atoms with E-state index in [1.165, 1.54) is 18.3 Å². The Balaban J connectivity index is 0.000000257. The molecule has 8 nitrogen and oxygen atoms in total. The molecule has 1 N–H and O–H groups in total. The second-order valence-electron chi connectivity index (χ2n) is 7.29. The molecule has 34 heavy (non-hydrogen) atoms. The summed E-state index contributed by atoms with van der Waals surface area (Å²) in [6.07, 6.45) is 7.23. The van der Waals surface area contributed by atoms with Crippen LogP contribution < -0.4 is 5.32 Å². The monoisotopic (exact) mass is 462 g/mol. The maximum absolute atomic E-state index is 14.2. The molecular weight excluding hydrogens is 442 g/mol. The molecule has 0 radical (unpaired) electrons. The molecule has 172 valence electrons. The third-order valence-electron chi connectivity index (χ3n) is 4.95. The number of carbonyl (C=O) groups excluding carboxylic acids is 1. The number of aromatic nitrogens is 5. The lowest BCUT2D eigenvalue weighted by atomic mass is 10.1. The van der Waals surface area contributed by atoms with Crippen molar-refractivity contribution in [3.05, 3.63) is 84.2 Å². The van der Waals surface area contributed by atoms with E-state index in [2.05, 4.69) is 25.3 Å². The average Bonchev–Trinajstić information content (AvgIpc) is 3.41. The molecule has 1 aromatic carbocycles. The van der Waals surface area contributed by atoms with Crippen molar-refractivity contribution < 1.29 is 18.0 Å². The van der Waals surface area contributed by atoms with Gasteiger partial charge < -0.3 is 9.73 Å².